The SMILES string of the molecule is O=C1OCCC(CCO)N1Cc1ccccc1. The zero-order valence-electron chi connectivity index (χ0n) is 9.71. The van der Waals surface area contributed by atoms with Crippen LogP contribution in [0.3, 0.4) is 0 Å². The van der Waals surface area contributed by atoms with E-state index in [1.54, 1.807) is 4.90 Å². The number of aliphatic hydroxyl groups is 1. The molecule has 2 rings (SSSR count). The summed E-state index contributed by atoms with van der Waals surface area (Å²) in [7, 11) is 0. The number of hydrogen-bond donors (Lipinski definition) is 1. The molecule has 1 aromatic rings. The predicted molar refractivity (Wildman–Crippen MR) is 63.4 cm³/mol. The second-order valence-corrected chi connectivity index (χ2v) is 4.18. The highest BCUT2D eigenvalue weighted by Gasteiger charge is 2.28. The second-order valence-electron chi connectivity index (χ2n) is 4.18. The molecule has 1 saturated heterocycles. The van der Waals surface area contributed by atoms with E-state index in [0.717, 1.165) is 12.0 Å². The Hall–Kier alpha value is -1.55. The molecule has 1 atom stereocenters. The Morgan fingerprint density at radius 3 is 2.82 bits per heavy atom. The Kier molecular flexibility index (Phi) is 3.98. The number of hydrogen-bond acceptors (Lipinski definition) is 3. The average molecular weight is 235 g/mol. The third-order valence-corrected chi connectivity index (χ3v) is 3.01. The molecule has 0 aromatic heterocycles. The van der Waals surface area contributed by atoms with Crippen LogP contribution in [0, 0.1) is 0 Å². The van der Waals surface area contributed by atoms with E-state index in [2.05, 4.69) is 0 Å². The van der Waals surface area contributed by atoms with Gasteiger partial charge in [0.05, 0.1) is 6.61 Å². The van der Waals surface area contributed by atoms with Crippen molar-refractivity contribution >= 4 is 6.09 Å². The minimum Gasteiger partial charge on any atom is -0.449 e. The molecule has 1 aliphatic rings. The fourth-order valence-electron chi connectivity index (χ4n) is 2.09. The molecule has 4 heteroatoms. The summed E-state index contributed by atoms with van der Waals surface area (Å²) >= 11 is 0. The van der Waals surface area contributed by atoms with Crippen molar-refractivity contribution in [2.45, 2.75) is 25.4 Å². The molecule has 0 aliphatic carbocycles. The molecule has 1 fully saturated rings. The summed E-state index contributed by atoms with van der Waals surface area (Å²) in [6.07, 6.45) is 1.12. The molecule has 1 aromatic carbocycles. The maximum absolute atomic E-state index is 11.7. The lowest BCUT2D eigenvalue weighted by Crippen LogP contribution is -2.45. The molecule has 0 spiro atoms. The van der Waals surface area contributed by atoms with E-state index < -0.39 is 0 Å². The number of cyclic esters (lactones) is 1. The van der Waals surface area contributed by atoms with Gasteiger partial charge in [0.25, 0.3) is 0 Å². The van der Waals surface area contributed by atoms with Gasteiger partial charge in [-0.2, -0.15) is 0 Å². The minimum atomic E-state index is -0.279. The van der Waals surface area contributed by atoms with E-state index in [1.165, 1.54) is 0 Å². The van der Waals surface area contributed by atoms with E-state index >= 15 is 0 Å². The van der Waals surface area contributed by atoms with Crippen molar-refractivity contribution in [3.8, 4) is 0 Å². The van der Waals surface area contributed by atoms with E-state index in [-0.39, 0.29) is 18.7 Å². The van der Waals surface area contributed by atoms with Crippen molar-refractivity contribution in [2.24, 2.45) is 0 Å². The highest BCUT2D eigenvalue weighted by Crippen LogP contribution is 2.19. The van der Waals surface area contributed by atoms with E-state index in [1.807, 2.05) is 30.3 Å². The zero-order valence-corrected chi connectivity index (χ0v) is 9.71. The van der Waals surface area contributed by atoms with Crippen LogP contribution in [0.5, 0.6) is 0 Å². The quantitative estimate of drug-likeness (QED) is 0.865. The second kappa shape index (κ2) is 5.68. The van der Waals surface area contributed by atoms with Crippen LogP contribution < -0.4 is 0 Å². The number of rotatable bonds is 4. The van der Waals surface area contributed by atoms with Crippen LogP contribution >= 0.6 is 0 Å². The van der Waals surface area contributed by atoms with Crippen LogP contribution in [0.2, 0.25) is 0 Å². The Morgan fingerprint density at radius 2 is 2.12 bits per heavy atom. The number of ether oxygens (including phenoxy) is 1. The van der Waals surface area contributed by atoms with Crippen LogP contribution in [0.4, 0.5) is 4.79 Å². The topological polar surface area (TPSA) is 49.8 Å². The number of aliphatic hydroxyl groups excluding tert-OH is 1. The van der Waals surface area contributed by atoms with Crippen molar-refractivity contribution in [2.75, 3.05) is 13.2 Å². The first-order chi connectivity index (χ1) is 8.31. The minimum absolute atomic E-state index is 0.0847. The van der Waals surface area contributed by atoms with Gasteiger partial charge in [-0.3, -0.25) is 0 Å². The molecule has 0 radical (unpaired) electrons. The highest BCUT2D eigenvalue weighted by atomic mass is 16.6. The van der Waals surface area contributed by atoms with E-state index in [9.17, 15) is 4.79 Å². The number of nitrogens with zero attached hydrogens (tertiary/aromatic N) is 1. The summed E-state index contributed by atoms with van der Waals surface area (Å²) in [6.45, 7) is 1.10. The van der Waals surface area contributed by atoms with Gasteiger partial charge in [0.2, 0.25) is 0 Å². The number of carbonyl (C=O) groups excluding carboxylic acids is 1. The van der Waals surface area contributed by atoms with Crippen molar-refractivity contribution in [3.05, 3.63) is 35.9 Å². The zero-order chi connectivity index (χ0) is 12.1. The van der Waals surface area contributed by atoms with Crippen LogP contribution in [-0.4, -0.2) is 35.4 Å². The fraction of sp³-hybridized carbons (Fsp3) is 0.462. The molecule has 92 valence electrons. The normalized spacial score (nSPS) is 20.2. The summed E-state index contributed by atoms with van der Waals surface area (Å²) in [4.78, 5) is 13.4. The largest absolute Gasteiger partial charge is 0.449 e. The van der Waals surface area contributed by atoms with Crippen LogP contribution in [0.25, 0.3) is 0 Å². The van der Waals surface area contributed by atoms with Crippen LogP contribution in [0.15, 0.2) is 30.3 Å². The monoisotopic (exact) mass is 235 g/mol. The summed E-state index contributed by atoms with van der Waals surface area (Å²) in [5, 5.41) is 9.01. The van der Waals surface area contributed by atoms with Gasteiger partial charge >= 0.3 is 6.09 Å². The van der Waals surface area contributed by atoms with Gasteiger partial charge in [-0.25, -0.2) is 4.79 Å². The molecular weight excluding hydrogens is 218 g/mol. The molecule has 1 aliphatic heterocycles. The molecule has 1 heterocycles. The molecule has 0 bridgehead atoms. The lowest BCUT2D eigenvalue weighted by atomic mass is 10.1. The third-order valence-electron chi connectivity index (χ3n) is 3.01. The maximum Gasteiger partial charge on any atom is 0.410 e. The molecule has 4 nitrogen and oxygen atoms in total. The predicted octanol–water partition coefficient (Wildman–Crippen LogP) is 1.78. The maximum atomic E-state index is 11.7. The molecule has 1 amide bonds. The van der Waals surface area contributed by atoms with Gasteiger partial charge in [0.1, 0.15) is 0 Å². The summed E-state index contributed by atoms with van der Waals surface area (Å²) in [6, 6.07) is 9.90. The summed E-state index contributed by atoms with van der Waals surface area (Å²) in [5.74, 6) is 0. The average Bonchev–Trinajstić information content (AvgIpc) is 2.35. The smallest absolute Gasteiger partial charge is 0.410 e. The highest BCUT2D eigenvalue weighted by molar-refractivity contribution is 5.68. The first-order valence-corrected chi connectivity index (χ1v) is 5.89. The standard InChI is InChI=1S/C13H17NO3/c15-8-6-12-7-9-17-13(16)14(12)10-11-4-2-1-3-5-11/h1-5,12,15H,6-10H2. The lowest BCUT2D eigenvalue weighted by Gasteiger charge is -2.34. The molecule has 0 saturated carbocycles. The fourth-order valence-corrected chi connectivity index (χ4v) is 2.09. The van der Waals surface area contributed by atoms with Crippen LogP contribution in [0.1, 0.15) is 18.4 Å². The van der Waals surface area contributed by atoms with Crippen molar-refractivity contribution in [3.63, 3.8) is 0 Å². The number of amides is 1. The van der Waals surface area contributed by atoms with Gasteiger partial charge in [-0.05, 0) is 12.0 Å². The van der Waals surface area contributed by atoms with Gasteiger partial charge in [0.15, 0.2) is 0 Å². The van der Waals surface area contributed by atoms with Gasteiger partial charge in [0, 0.05) is 25.6 Å². The van der Waals surface area contributed by atoms with E-state index in [0.29, 0.717) is 19.6 Å². The summed E-state index contributed by atoms with van der Waals surface area (Å²) < 4.78 is 5.04. The number of benzene rings is 1. The molecule has 1 unspecified atom stereocenters. The van der Waals surface area contributed by atoms with Crippen molar-refractivity contribution < 1.29 is 14.6 Å². The Labute approximate surface area is 101 Å². The summed E-state index contributed by atoms with van der Waals surface area (Å²) in [5.41, 5.74) is 1.08. The van der Waals surface area contributed by atoms with Crippen molar-refractivity contribution in [1.82, 2.24) is 4.90 Å². The van der Waals surface area contributed by atoms with Gasteiger partial charge in [-0.15, -0.1) is 0 Å². The van der Waals surface area contributed by atoms with E-state index in [4.69, 9.17) is 9.84 Å². The van der Waals surface area contributed by atoms with Gasteiger partial charge in [-0.1, -0.05) is 30.3 Å². The molecule has 1 N–H and O–H groups in total. The Morgan fingerprint density at radius 1 is 1.35 bits per heavy atom. The lowest BCUT2D eigenvalue weighted by molar-refractivity contribution is 0.0331. The number of carbonyl (C=O) groups is 1. The van der Waals surface area contributed by atoms with Crippen LogP contribution in [-0.2, 0) is 11.3 Å². The van der Waals surface area contributed by atoms with Gasteiger partial charge < -0.3 is 14.7 Å². The molecule has 17 heavy (non-hydrogen) atoms. The first-order valence-electron chi connectivity index (χ1n) is 5.89. The third kappa shape index (κ3) is 2.97. The molecular formula is C13H17NO3. The first kappa shape index (κ1) is 11.9. The Balaban J connectivity index is 2.07. The Bertz CT molecular complexity index is 364. The van der Waals surface area contributed by atoms with Crippen molar-refractivity contribution in [1.29, 1.82) is 0 Å².